The predicted molar refractivity (Wildman–Crippen MR) is 86.4 cm³/mol. The number of nitrogens with zero attached hydrogens (tertiary/aromatic N) is 4. The lowest BCUT2D eigenvalue weighted by Crippen LogP contribution is -2.14. The van der Waals surface area contributed by atoms with Gasteiger partial charge in [-0.3, -0.25) is 4.72 Å². The first-order valence-electron chi connectivity index (χ1n) is 6.25. The molecule has 0 fully saturated rings. The third-order valence-electron chi connectivity index (χ3n) is 2.86. The molecule has 7 nitrogen and oxygen atoms in total. The van der Waals surface area contributed by atoms with Crippen molar-refractivity contribution in [1.29, 1.82) is 0 Å². The van der Waals surface area contributed by atoms with E-state index in [9.17, 15) is 8.42 Å². The number of nitrogens with one attached hydrogen (secondary N) is 1. The first-order valence-corrected chi connectivity index (χ1v) is 8.49. The van der Waals surface area contributed by atoms with Crippen LogP contribution in [0.5, 0.6) is 0 Å². The van der Waals surface area contributed by atoms with Crippen LogP contribution in [0, 0.1) is 0 Å². The number of hydrogen-bond acceptors (Lipinski definition) is 5. The van der Waals surface area contributed by atoms with Crippen molar-refractivity contribution in [2.24, 2.45) is 0 Å². The standard InChI is InChI=1S/C13H9Cl2N5O2S/c14-10-2-1-3-11(13(10)15)23(21,22)19-9-4-5-12(17-6-9)20-8-16-7-18-20/h1-8,19H. The van der Waals surface area contributed by atoms with E-state index < -0.39 is 10.0 Å². The second-order valence-electron chi connectivity index (χ2n) is 4.40. The Bertz CT molecular complexity index is 928. The van der Waals surface area contributed by atoms with E-state index in [0.717, 1.165) is 0 Å². The van der Waals surface area contributed by atoms with Gasteiger partial charge in [-0.2, -0.15) is 5.10 Å². The number of benzene rings is 1. The fraction of sp³-hybridized carbons (Fsp3) is 0. The number of rotatable bonds is 4. The average molecular weight is 370 g/mol. The van der Waals surface area contributed by atoms with Crippen LogP contribution in [0.1, 0.15) is 0 Å². The van der Waals surface area contributed by atoms with Crippen molar-refractivity contribution in [2.75, 3.05) is 4.72 Å². The van der Waals surface area contributed by atoms with Gasteiger partial charge in [0.05, 0.1) is 21.9 Å². The van der Waals surface area contributed by atoms with Gasteiger partial charge >= 0.3 is 0 Å². The van der Waals surface area contributed by atoms with Crippen molar-refractivity contribution in [3.63, 3.8) is 0 Å². The third-order valence-corrected chi connectivity index (χ3v) is 5.21. The minimum Gasteiger partial charge on any atom is -0.278 e. The number of aromatic nitrogens is 4. The lowest BCUT2D eigenvalue weighted by molar-refractivity contribution is 0.601. The van der Waals surface area contributed by atoms with Crippen LogP contribution in [0.15, 0.2) is 54.1 Å². The highest BCUT2D eigenvalue weighted by Crippen LogP contribution is 2.30. The van der Waals surface area contributed by atoms with E-state index >= 15 is 0 Å². The Morgan fingerprint density at radius 3 is 2.61 bits per heavy atom. The molecule has 10 heteroatoms. The molecule has 0 aliphatic rings. The van der Waals surface area contributed by atoms with Crippen LogP contribution in [-0.2, 0) is 10.0 Å². The number of pyridine rings is 1. The molecular weight excluding hydrogens is 361 g/mol. The Kier molecular flexibility index (Phi) is 4.20. The Hall–Kier alpha value is -2.16. The van der Waals surface area contributed by atoms with Crippen molar-refractivity contribution >= 4 is 38.9 Å². The summed E-state index contributed by atoms with van der Waals surface area (Å²) in [5.41, 5.74) is 0.282. The Morgan fingerprint density at radius 2 is 1.96 bits per heavy atom. The van der Waals surface area contributed by atoms with Gasteiger partial charge in [0.25, 0.3) is 10.0 Å². The van der Waals surface area contributed by atoms with Crippen molar-refractivity contribution < 1.29 is 8.42 Å². The number of anilines is 1. The summed E-state index contributed by atoms with van der Waals surface area (Å²) >= 11 is 11.8. The molecular formula is C13H9Cl2N5O2S. The van der Waals surface area contributed by atoms with Gasteiger partial charge in [-0.25, -0.2) is 23.1 Å². The average Bonchev–Trinajstić information content (AvgIpc) is 3.04. The van der Waals surface area contributed by atoms with E-state index in [2.05, 4.69) is 19.8 Å². The number of hydrogen-bond donors (Lipinski definition) is 1. The molecule has 23 heavy (non-hydrogen) atoms. The third kappa shape index (κ3) is 3.29. The molecule has 3 aromatic rings. The van der Waals surface area contributed by atoms with Gasteiger partial charge in [0.2, 0.25) is 0 Å². The lowest BCUT2D eigenvalue weighted by Gasteiger charge is -2.10. The van der Waals surface area contributed by atoms with Gasteiger partial charge in [0.1, 0.15) is 17.6 Å². The fourth-order valence-electron chi connectivity index (χ4n) is 1.81. The molecule has 1 aromatic carbocycles. The molecule has 0 unspecified atom stereocenters. The molecule has 0 radical (unpaired) electrons. The fourth-order valence-corrected chi connectivity index (χ4v) is 3.62. The molecule has 0 atom stereocenters. The van der Waals surface area contributed by atoms with Gasteiger partial charge in [0.15, 0.2) is 5.82 Å². The Labute approximate surface area is 142 Å². The van der Waals surface area contributed by atoms with Crippen LogP contribution < -0.4 is 4.72 Å². The highest BCUT2D eigenvalue weighted by Gasteiger charge is 2.19. The monoisotopic (exact) mass is 369 g/mol. The first-order chi connectivity index (χ1) is 11.0. The second kappa shape index (κ2) is 6.15. The molecule has 118 valence electrons. The SMILES string of the molecule is O=S(=O)(Nc1ccc(-n2cncn2)nc1)c1cccc(Cl)c1Cl. The van der Waals surface area contributed by atoms with E-state index in [-0.39, 0.29) is 20.6 Å². The zero-order chi connectivity index (χ0) is 16.4. The van der Waals surface area contributed by atoms with Crippen LogP contribution in [0.4, 0.5) is 5.69 Å². The summed E-state index contributed by atoms with van der Waals surface area (Å²) in [7, 11) is -3.87. The molecule has 0 amide bonds. The van der Waals surface area contributed by atoms with Crippen LogP contribution in [0.3, 0.4) is 0 Å². The normalized spacial score (nSPS) is 11.4. The molecule has 2 aromatic heterocycles. The molecule has 1 N–H and O–H groups in total. The first kappa shape index (κ1) is 15.7. The van der Waals surface area contributed by atoms with Gasteiger partial charge in [-0.05, 0) is 24.3 Å². The minimum absolute atomic E-state index is 0.0335. The highest BCUT2D eigenvalue weighted by molar-refractivity contribution is 7.92. The molecule has 2 heterocycles. The highest BCUT2D eigenvalue weighted by atomic mass is 35.5. The smallest absolute Gasteiger partial charge is 0.263 e. The van der Waals surface area contributed by atoms with Gasteiger partial charge < -0.3 is 0 Å². The Balaban J connectivity index is 1.87. The molecule has 0 bridgehead atoms. The summed E-state index contributed by atoms with van der Waals surface area (Å²) in [5, 5.41) is 4.06. The van der Waals surface area contributed by atoms with Crippen LogP contribution >= 0.6 is 23.2 Å². The Morgan fingerprint density at radius 1 is 1.13 bits per heavy atom. The van der Waals surface area contributed by atoms with Crippen molar-refractivity contribution in [2.45, 2.75) is 4.90 Å². The van der Waals surface area contributed by atoms with Crippen LogP contribution in [0.25, 0.3) is 5.82 Å². The zero-order valence-electron chi connectivity index (χ0n) is 11.4. The van der Waals surface area contributed by atoms with Crippen LogP contribution in [0.2, 0.25) is 10.0 Å². The molecule has 0 aliphatic heterocycles. The summed E-state index contributed by atoms with van der Waals surface area (Å²) in [4.78, 5) is 7.82. The summed E-state index contributed by atoms with van der Waals surface area (Å²) in [5.74, 6) is 0.506. The maximum atomic E-state index is 12.4. The molecule has 0 saturated heterocycles. The van der Waals surface area contributed by atoms with E-state index in [4.69, 9.17) is 23.2 Å². The number of halogens is 2. The largest absolute Gasteiger partial charge is 0.278 e. The minimum atomic E-state index is -3.87. The van der Waals surface area contributed by atoms with E-state index in [0.29, 0.717) is 5.82 Å². The van der Waals surface area contributed by atoms with E-state index in [1.54, 1.807) is 12.1 Å². The second-order valence-corrected chi connectivity index (χ2v) is 6.84. The van der Waals surface area contributed by atoms with Gasteiger partial charge in [-0.15, -0.1) is 0 Å². The summed E-state index contributed by atoms with van der Waals surface area (Å²) < 4.78 is 28.6. The summed E-state index contributed by atoms with van der Waals surface area (Å²) in [6, 6.07) is 7.55. The van der Waals surface area contributed by atoms with Gasteiger partial charge in [0, 0.05) is 0 Å². The molecule has 0 spiro atoms. The summed E-state index contributed by atoms with van der Waals surface area (Å²) in [6.45, 7) is 0. The molecule has 0 saturated carbocycles. The van der Waals surface area contributed by atoms with Crippen molar-refractivity contribution in [3.05, 3.63) is 59.2 Å². The van der Waals surface area contributed by atoms with Crippen molar-refractivity contribution in [3.8, 4) is 5.82 Å². The van der Waals surface area contributed by atoms with Gasteiger partial charge in [-0.1, -0.05) is 29.3 Å². The maximum absolute atomic E-state index is 12.4. The lowest BCUT2D eigenvalue weighted by atomic mass is 10.4. The van der Waals surface area contributed by atoms with Crippen molar-refractivity contribution in [1.82, 2.24) is 19.7 Å². The quantitative estimate of drug-likeness (QED) is 0.763. The van der Waals surface area contributed by atoms with E-state index in [1.165, 1.54) is 41.7 Å². The molecule has 3 rings (SSSR count). The van der Waals surface area contributed by atoms with Crippen LogP contribution in [-0.4, -0.2) is 28.2 Å². The summed E-state index contributed by atoms with van der Waals surface area (Å²) in [6.07, 6.45) is 4.23. The maximum Gasteiger partial charge on any atom is 0.263 e. The van der Waals surface area contributed by atoms with E-state index in [1.807, 2.05) is 0 Å². The zero-order valence-corrected chi connectivity index (χ0v) is 13.7. The number of sulfonamides is 1. The topological polar surface area (TPSA) is 89.8 Å². The predicted octanol–water partition coefficient (Wildman–Crippen LogP) is 2.77. The molecule has 0 aliphatic carbocycles.